The molecule has 0 radical (unpaired) electrons. The topological polar surface area (TPSA) is 9.23 Å². The van der Waals surface area contributed by atoms with E-state index in [1.54, 1.807) is 0 Å². The van der Waals surface area contributed by atoms with E-state index in [2.05, 4.69) is 26.0 Å². The Hall–Kier alpha value is -1.83. The summed E-state index contributed by atoms with van der Waals surface area (Å²) in [6.45, 7) is 5.08. The number of ether oxygens (including phenoxy) is 1. The Morgan fingerprint density at radius 3 is 2.00 bits per heavy atom. The van der Waals surface area contributed by atoms with E-state index >= 15 is 0 Å². The highest BCUT2D eigenvalue weighted by atomic mass is 19.1. The van der Waals surface area contributed by atoms with Gasteiger partial charge in [0.2, 0.25) is 0 Å². The van der Waals surface area contributed by atoms with Gasteiger partial charge in [-0.3, -0.25) is 0 Å². The highest BCUT2D eigenvalue weighted by Crippen LogP contribution is 2.29. The van der Waals surface area contributed by atoms with Gasteiger partial charge in [0.15, 0.2) is 0 Å². The first-order chi connectivity index (χ1) is 10.2. The van der Waals surface area contributed by atoms with Gasteiger partial charge in [0.25, 0.3) is 0 Å². The van der Waals surface area contributed by atoms with E-state index in [4.69, 9.17) is 4.74 Å². The van der Waals surface area contributed by atoms with E-state index in [9.17, 15) is 4.39 Å². The molecule has 1 nitrogen and oxygen atoms in total. The summed E-state index contributed by atoms with van der Waals surface area (Å²) >= 11 is 0. The Morgan fingerprint density at radius 1 is 0.905 bits per heavy atom. The molecular formula is C19H23FO. The Balaban J connectivity index is 2.09. The molecule has 21 heavy (non-hydrogen) atoms. The van der Waals surface area contributed by atoms with Crippen molar-refractivity contribution in [1.82, 2.24) is 0 Å². The van der Waals surface area contributed by atoms with Crippen LogP contribution in [-0.2, 0) is 0 Å². The molecule has 0 saturated carbocycles. The minimum atomic E-state index is -0.187. The molecule has 0 aliphatic heterocycles. The molecule has 2 aromatic rings. The minimum Gasteiger partial charge on any atom is -0.494 e. The summed E-state index contributed by atoms with van der Waals surface area (Å²) in [7, 11) is 0. The zero-order valence-corrected chi connectivity index (χ0v) is 12.8. The largest absolute Gasteiger partial charge is 0.494 e. The SMILES string of the molecule is CCCCOc1ccc(C(CC)c2ccc(F)cc2)cc1. The van der Waals surface area contributed by atoms with Gasteiger partial charge in [-0.15, -0.1) is 0 Å². The summed E-state index contributed by atoms with van der Waals surface area (Å²) in [5.74, 6) is 1.03. The van der Waals surface area contributed by atoms with Crippen LogP contribution in [0.4, 0.5) is 4.39 Å². The number of halogens is 1. The average Bonchev–Trinajstić information content (AvgIpc) is 2.52. The van der Waals surface area contributed by atoms with Crippen LogP contribution in [0, 0.1) is 5.82 Å². The Bertz CT molecular complexity index is 530. The summed E-state index contributed by atoms with van der Waals surface area (Å²) in [6.07, 6.45) is 3.21. The van der Waals surface area contributed by atoms with Crippen LogP contribution in [0.15, 0.2) is 48.5 Å². The smallest absolute Gasteiger partial charge is 0.123 e. The zero-order chi connectivity index (χ0) is 15.1. The fourth-order valence-electron chi connectivity index (χ4n) is 2.49. The van der Waals surface area contributed by atoms with E-state index in [1.165, 1.54) is 17.7 Å². The van der Waals surface area contributed by atoms with Crippen molar-refractivity contribution in [2.45, 2.75) is 39.0 Å². The lowest BCUT2D eigenvalue weighted by atomic mass is 9.89. The second kappa shape index (κ2) is 7.82. The molecule has 0 heterocycles. The Kier molecular flexibility index (Phi) is 5.79. The van der Waals surface area contributed by atoms with Crippen LogP contribution in [-0.4, -0.2) is 6.61 Å². The van der Waals surface area contributed by atoms with Crippen LogP contribution >= 0.6 is 0 Å². The molecule has 0 aliphatic carbocycles. The van der Waals surface area contributed by atoms with E-state index in [-0.39, 0.29) is 5.82 Å². The molecule has 0 aromatic heterocycles. The summed E-state index contributed by atoms with van der Waals surface area (Å²) in [6, 6.07) is 15.1. The van der Waals surface area contributed by atoms with Gasteiger partial charge in [-0.1, -0.05) is 44.5 Å². The third-order valence-corrected chi connectivity index (χ3v) is 3.73. The summed E-state index contributed by atoms with van der Waals surface area (Å²) in [5, 5.41) is 0. The van der Waals surface area contributed by atoms with Gasteiger partial charge in [0, 0.05) is 5.92 Å². The van der Waals surface area contributed by atoms with Gasteiger partial charge in [-0.05, 0) is 48.2 Å². The molecule has 1 unspecified atom stereocenters. The third-order valence-electron chi connectivity index (χ3n) is 3.73. The normalized spacial score (nSPS) is 12.1. The van der Waals surface area contributed by atoms with Gasteiger partial charge < -0.3 is 4.74 Å². The molecule has 2 rings (SSSR count). The maximum absolute atomic E-state index is 13.0. The second-order valence-corrected chi connectivity index (χ2v) is 5.28. The van der Waals surface area contributed by atoms with Crippen molar-refractivity contribution in [2.75, 3.05) is 6.61 Å². The summed E-state index contributed by atoms with van der Waals surface area (Å²) in [5.41, 5.74) is 2.39. The molecular weight excluding hydrogens is 263 g/mol. The van der Waals surface area contributed by atoms with Gasteiger partial charge >= 0.3 is 0 Å². The minimum absolute atomic E-state index is 0.187. The van der Waals surface area contributed by atoms with E-state index < -0.39 is 0 Å². The van der Waals surface area contributed by atoms with Gasteiger partial charge in [-0.2, -0.15) is 0 Å². The van der Waals surface area contributed by atoms with Crippen molar-refractivity contribution < 1.29 is 9.13 Å². The van der Waals surface area contributed by atoms with Crippen molar-refractivity contribution in [1.29, 1.82) is 0 Å². The second-order valence-electron chi connectivity index (χ2n) is 5.28. The van der Waals surface area contributed by atoms with Crippen LogP contribution in [0.25, 0.3) is 0 Å². The fraction of sp³-hybridized carbons (Fsp3) is 0.368. The van der Waals surface area contributed by atoms with E-state index in [0.717, 1.165) is 37.2 Å². The van der Waals surface area contributed by atoms with Gasteiger partial charge in [0.05, 0.1) is 6.61 Å². The van der Waals surface area contributed by atoms with Crippen molar-refractivity contribution in [3.8, 4) is 5.75 Å². The summed E-state index contributed by atoms with van der Waals surface area (Å²) < 4.78 is 18.7. The molecule has 112 valence electrons. The molecule has 0 saturated heterocycles. The molecule has 0 fully saturated rings. The van der Waals surface area contributed by atoms with Crippen LogP contribution < -0.4 is 4.74 Å². The number of hydrogen-bond acceptors (Lipinski definition) is 1. The molecule has 0 N–H and O–H groups in total. The van der Waals surface area contributed by atoms with E-state index in [1.807, 2.05) is 24.3 Å². The molecule has 2 aromatic carbocycles. The van der Waals surface area contributed by atoms with Crippen molar-refractivity contribution >= 4 is 0 Å². The van der Waals surface area contributed by atoms with E-state index in [0.29, 0.717) is 5.92 Å². The quantitative estimate of drug-likeness (QED) is 0.607. The van der Waals surface area contributed by atoms with Gasteiger partial charge in [0.1, 0.15) is 11.6 Å². The number of hydrogen-bond donors (Lipinski definition) is 0. The lowest BCUT2D eigenvalue weighted by molar-refractivity contribution is 0.309. The Labute approximate surface area is 126 Å². The maximum Gasteiger partial charge on any atom is 0.123 e. The predicted molar refractivity (Wildman–Crippen MR) is 85.4 cm³/mol. The van der Waals surface area contributed by atoms with Gasteiger partial charge in [-0.25, -0.2) is 4.39 Å². The highest BCUT2D eigenvalue weighted by Gasteiger charge is 2.12. The zero-order valence-electron chi connectivity index (χ0n) is 12.8. The monoisotopic (exact) mass is 286 g/mol. The molecule has 1 atom stereocenters. The van der Waals surface area contributed by atoms with Crippen LogP contribution in [0.5, 0.6) is 5.75 Å². The molecule has 0 spiro atoms. The first kappa shape index (κ1) is 15.6. The number of benzene rings is 2. The standard InChI is InChI=1S/C19H23FO/c1-3-5-14-21-18-12-8-16(9-13-18)19(4-2)15-6-10-17(20)11-7-15/h6-13,19H,3-5,14H2,1-2H3. The highest BCUT2D eigenvalue weighted by molar-refractivity contribution is 5.36. The average molecular weight is 286 g/mol. The number of rotatable bonds is 7. The molecule has 0 amide bonds. The van der Waals surface area contributed by atoms with Crippen LogP contribution in [0.2, 0.25) is 0 Å². The molecule has 0 aliphatic rings. The van der Waals surface area contributed by atoms with Crippen molar-refractivity contribution in [3.63, 3.8) is 0 Å². The van der Waals surface area contributed by atoms with Crippen LogP contribution in [0.3, 0.4) is 0 Å². The predicted octanol–water partition coefficient (Wildman–Crippen LogP) is 5.55. The lowest BCUT2D eigenvalue weighted by Crippen LogP contribution is -2.01. The number of unbranched alkanes of at least 4 members (excludes halogenated alkanes) is 1. The van der Waals surface area contributed by atoms with Crippen molar-refractivity contribution in [2.24, 2.45) is 0 Å². The fourth-order valence-corrected chi connectivity index (χ4v) is 2.49. The maximum atomic E-state index is 13.0. The van der Waals surface area contributed by atoms with Crippen LogP contribution in [0.1, 0.15) is 50.2 Å². The molecule has 0 bridgehead atoms. The lowest BCUT2D eigenvalue weighted by Gasteiger charge is -2.16. The summed E-state index contributed by atoms with van der Waals surface area (Å²) in [4.78, 5) is 0. The Morgan fingerprint density at radius 2 is 1.48 bits per heavy atom. The van der Waals surface area contributed by atoms with Crippen molar-refractivity contribution in [3.05, 3.63) is 65.5 Å². The first-order valence-corrected chi connectivity index (χ1v) is 7.72. The first-order valence-electron chi connectivity index (χ1n) is 7.72. The molecule has 2 heteroatoms. The third kappa shape index (κ3) is 4.32.